The first-order chi connectivity index (χ1) is 11.3. The van der Waals surface area contributed by atoms with E-state index in [0.29, 0.717) is 11.4 Å². The van der Waals surface area contributed by atoms with E-state index in [0.717, 1.165) is 18.9 Å². The predicted octanol–water partition coefficient (Wildman–Crippen LogP) is 3.47. The molecule has 1 aromatic rings. The largest absolute Gasteiger partial charge is 0.370 e. The second-order valence-corrected chi connectivity index (χ2v) is 7.01. The Bertz CT molecular complexity index is 503. The number of guanidine groups is 1. The minimum absolute atomic E-state index is 0. The Labute approximate surface area is 162 Å². The maximum atomic E-state index is 5.91. The second-order valence-electron chi connectivity index (χ2n) is 7.01. The number of hydrogen-bond donors (Lipinski definition) is 2. The van der Waals surface area contributed by atoms with E-state index in [-0.39, 0.29) is 24.0 Å². The van der Waals surface area contributed by atoms with Gasteiger partial charge in [0.05, 0.1) is 6.54 Å². The minimum Gasteiger partial charge on any atom is -0.370 e. The maximum Gasteiger partial charge on any atom is 0.194 e. The smallest absolute Gasteiger partial charge is 0.194 e. The highest BCUT2D eigenvalue weighted by Crippen LogP contribution is 2.44. The molecule has 5 nitrogen and oxygen atoms in total. The first-order valence-electron chi connectivity index (χ1n) is 8.96. The second kappa shape index (κ2) is 9.56. The van der Waals surface area contributed by atoms with Gasteiger partial charge in [-0.2, -0.15) is 0 Å². The molecule has 2 aliphatic rings. The molecule has 6 heteroatoms. The fourth-order valence-electron chi connectivity index (χ4n) is 3.97. The van der Waals surface area contributed by atoms with Crippen LogP contribution in [-0.2, 0) is 0 Å². The molecule has 0 amide bonds. The molecule has 2 fully saturated rings. The Kier molecular flexibility index (Phi) is 7.74. The molecule has 3 N–H and O–H groups in total. The molecule has 1 aliphatic heterocycles. The number of anilines is 1. The molecule has 0 radical (unpaired) electrons. The van der Waals surface area contributed by atoms with Gasteiger partial charge in [0.1, 0.15) is 5.82 Å². The summed E-state index contributed by atoms with van der Waals surface area (Å²) in [7, 11) is 0. The summed E-state index contributed by atoms with van der Waals surface area (Å²) in [4.78, 5) is 11.1. The van der Waals surface area contributed by atoms with Crippen LogP contribution in [0.4, 0.5) is 5.82 Å². The van der Waals surface area contributed by atoms with Gasteiger partial charge in [-0.25, -0.2) is 4.98 Å². The molecular weight excluding hydrogens is 413 g/mol. The summed E-state index contributed by atoms with van der Waals surface area (Å²) in [6, 6.07) is 5.70. The minimum atomic E-state index is 0. The summed E-state index contributed by atoms with van der Waals surface area (Å²) in [6.07, 6.45) is 11.7. The fourth-order valence-corrected chi connectivity index (χ4v) is 3.97. The molecule has 3 rings (SSSR count). The van der Waals surface area contributed by atoms with Gasteiger partial charge in [0.15, 0.2) is 5.96 Å². The highest BCUT2D eigenvalue weighted by Gasteiger charge is 2.35. The van der Waals surface area contributed by atoms with E-state index in [2.05, 4.69) is 20.2 Å². The van der Waals surface area contributed by atoms with Crippen LogP contribution in [0.2, 0.25) is 0 Å². The number of halogens is 1. The molecule has 1 spiro atoms. The topological polar surface area (TPSA) is 66.5 Å². The van der Waals surface area contributed by atoms with Gasteiger partial charge in [0.25, 0.3) is 0 Å². The summed E-state index contributed by atoms with van der Waals surface area (Å²) >= 11 is 0. The van der Waals surface area contributed by atoms with E-state index >= 15 is 0 Å². The Morgan fingerprint density at radius 3 is 2.58 bits per heavy atom. The fraction of sp³-hybridized carbons (Fsp3) is 0.667. The molecule has 1 aliphatic carbocycles. The number of rotatable bonds is 4. The molecule has 134 valence electrons. The van der Waals surface area contributed by atoms with Crippen LogP contribution in [0.25, 0.3) is 0 Å². The molecule has 0 atom stereocenters. The molecule has 1 saturated carbocycles. The van der Waals surface area contributed by atoms with Crippen LogP contribution < -0.4 is 11.1 Å². The van der Waals surface area contributed by atoms with Crippen molar-refractivity contribution in [2.45, 2.75) is 44.9 Å². The Morgan fingerprint density at radius 2 is 1.92 bits per heavy atom. The van der Waals surface area contributed by atoms with Crippen molar-refractivity contribution in [1.82, 2.24) is 9.88 Å². The third-order valence-electron chi connectivity index (χ3n) is 5.45. The number of nitrogens with zero attached hydrogens (tertiary/aromatic N) is 3. The summed E-state index contributed by atoms with van der Waals surface area (Å²) in [6.45, 7) is 4.20. The Hall–Kier alpha value is -0.890. The van der Waals surface area contributed by atoms with Crippen LogP contribution in [0.1, 0.15) is 44.9 Å². The zero-order valence-electron chi connectivity index (χ0n) is 14.4. The number of aromatic nitrogens is 1. The van der Waals surface area contributed by atoms with Gasteiger partial charge in [-0.3, -0.25) is 4.99 Å². The lowest BCUT2D eigenvalue weighted by atomic mass is 9.68. The Morgan fingerprint density at radius 1 is 1.17 bits per heavy atom. The quantitative estimate of drug-likeness (QED) is 0.425. The van der Waals surface area contributed by atoms with Gasteiger partial charge in [0.2, 0.25) is 0 Å². The molecule has 0 aromatic carbocycles. The van der Waals surface area contributed by atoms with Crippen LogP contribution in [0, 0.1) is 5.41 Å². The number of pyridine rings is 1. The molecule has 1 saturated heterocycles. The molecule has 24 heavy (non-hydrogen) atoms. The van der Waals surface area contributed by atoms with Crippen molar-refractivity contribution in [2.75, 3.05) is 31.5 Å². The third kappa shape index (κ3) is 5.58. The monoisotopic (exact) mass is 443 g/mol. The maximum absolute atomic E-state index is 5.91. The van der Waals surface area contributed by atoms with Crippen molar-refractivity contribution >= 4 is 35.8 Å². The normalized spacial score (nSPS) is 21.2. The summed E-state index contributed by atoms with van der Waals surface area (Å²) < 4.78 is 0. The van der Waals surface area contributed by atoms with Gasteiger partial charge < -0.3 is 16.0 Å². The molecular formula is C18H30IN5. The average molecular weight is 443 g/mol. The Balaban J connectivity index is 0.00000208. The van der Waals surface area contributed by atoms with Gasteiger partial charge in [0, 0.05) is 12.7 Å². The van der Waals surface area contributed by atoms with E-state index < -0.39 is 0 Å². The number of nitrogens with one attached hydrogen (secondary N) is 1. The van der Waals surface area contributed by atoms with Crippen molar-refractivity contribution in [2.24, 2.45) is 16.1 Å². The van der Waals surface area contributed by atoms with Gasteiger partial charge >= 0.3 is 0 Å². The molecule has 0 unspecified atom stereocenters. The van der Waals surface area contributed by atoms with Crippen molar-refractivity contribution in [1.29, 1.82) is 0 Å². The van der Waals surface area contributed by atoms with E-state index in [1.54, 1.807) is 6.20 Å². The summed E-state index contributed by atoms with van der Waals surface area (Å²) in [5, 5.41) is 3.02. The predicted molar refractivity (Wildman–Crippen MR) is 111 cm³/mol. The lowest BCUT2D eigenvalue weighted by Crippen LogP contribution is -2.42. The first kappa shape index (κ1) is 19.4. The number of hydrogen-bond acceptors (Lipinski definition) is 3. The van der Waals surface area contributed by atoms with Crippen LogP contribution in [0.5, 0.6) is 0 Å². The van der Waals surface area contributed by atoms with Gasteiger partial charge in [-0.05, 0) is 56.3 Å². The highest BCUT2D eigenvalue weighted by atomic mass is 127. The number of aliphatic imine (C=N–C) groups is 1. The van der Waals surface area contributed by atoms with Crippen molar-refractivity contribution in [3.63, 3.8) is 0 Å². The van der Waals surface area contributed by atoms with E-state index in [1.165, 1.54) is 58.0 Å². The highest BCUT2D eigenvalue weighted by molar-refractivity contribution is 14.0. The van der Waals surface area contributed by atoms with Gasteiger partial charge in [-0.15, -0.1) is 24.0 Å². The molecule has 0 bridgehead atoms. The molecule has 2 heterocycles. The lowest BCUT2D eigenvalue weighted by Gasteiger charge is -2.44. The lowest BCUT2D eigenvalue weighted by molar-refractivity contribution is 0.0695. The van der Waals surface area contributed by atoms with E-state index in [4.69, 9.17) is 5.73 Å². The van der Waals surface area contributed by atoms with Crippen LogP contribution in [0.3, 0.4) is 0 Å². The zero-order chi connectivity index (χ0) is 16.0. The number of piperidine rings is 1. The van der Waals surface area contributed by atoms with Crippen LogP contribution in [0.15, 0.2) is 29.4 Å². The summed E-state index contributed by atoms with van der Waals surface area (Å²) in [5.74, 6) is 1.19. The van der Waals surface area contributed by atoms with Crippen LogP contribution >= 0.6 is 24.0 Å². The average Bonchev–Trinajstić information content (AvgIpc) is 2.59. The van der Waals surface area contributed by atoms with Crippen LogP contribution in [-0.4, -0.2) is 42.0 Å². The standard InChI is InChI=1S/C18H29N5.HI/c19-17(22-16-6-2-5-11-20-16)21-12-15-23-13-9-18(10-14-23)7-3-1-4-8-18;/h2,5-6,11H,1,3-4,7-10,12-15H2,(H3,19,20,21,22);1H. The zero-order valence-corrected chi connectivity index (χ0v) is 16.7. The van der Waals surface area contributed by atoms with E-state index in [9.17, 15) is 0 Å². The summed E-state index contributed by atoms with van der Waals surface area (Å²) in [5.41, 5.74) is 6.59. The number of nitrogens with two attached hydrogens (primary N) is 1. The SMILES string of the molecule is I.NC(=NCCN1CCC2(CCCCC2)CC1)Nc1ccccn1. The van der Waals surface area contributed by atoms with Crippen molar-refractivity contribution < 1.29 is 0 Å². The molecule has 1 aromatic heterocycles. The first-order valence-corrected chi connectivity index (χ1v) is 8.96. The van der Waals surface area contributed by atoms with Crippen molar-refractivity contribution in [3.8, 4) is 0 Å². The van der Waals surface area contributed by atoms with Crippen molar-refractivity contribution in [3.05, 3.63) is 24.4 Å². The van der Waals surface area contributed by atoms with E-state index in [1.807, 2.05) is 18.2 Å². The van der Waals surface area contributed by atoms with Gasteiger partial charge in [-0.1, -0.05) is 25.3 Å². The number of likely N-dealkylation sites (tertiary alicyclic amines) is 1. The third-order valence-corrected chi connectivity index (χ3v) is 5.45.